The summed E-state index contributed by atoms with van der Waals surface area (Å²) in [5.74, 6) is -0.264. The van der Waals surface area contributed by atoms with Gasteiger partial charge < -0.3 is 10.2 Å². The Morgan fingerprint density at radius 3 is 2.24 bits per heavy atom. The highest BCUT2D eigenvalue weighted by Crippen LogP contribution is 2.32. The summed E-state index contributed by atoms with van der Waals surface area (Å²) in [5, 5.41) is 2.94. The minimum Gasteiger partial charge on any atom is -0.351 e. The number of nitrogens with one attached hydrogen (secondary N) is 1. The molecule has 0 radical (unpaired) electrons. The van der Waals surface area contributed by atoms with E-state index < -0.39 is 0 Å². The highest BCUT2D eigenvalue weighted by atomic mass is 16.2. The van der Waals surface area contributed by atoms with Crippen LogP contribution in [0.25, 0.3) is 0 Å². The van der Waals surface area contributed by atoms with Crippen LogP contribution in [0.5, 0.6) is 0 Å². The van der Waals surface area contributed by atoms with Crippen LogP contribution in [0.4, 0.5) is 0 Å². The van der Waals surface area contributed by atoms with Gasteiger partial charge in [0.2, 0.25) is 5.91 Å². The van der Waals surface area contributed by atoms with Crippen molar-refractivity contribution in [2.45, 2.75) is 12.1 Å². The zero-order valence-corrected chi connectivity index (χ0v) is 18.5. The number of nitrogens with zero attached hydrogens (tertiary/aromatic N) is 3. The monoisotopic (exact) mass is 440 g/mol. The van der Waals surface area contributed by atoms with Crippen molar-refractivity contribution in [2.24, 2.45) is 0 Å². The fourth-order valence-corrected chi connectivity index (χ4v) is 4.38. The lowest BCUT2D eigenvalue weighted by Gasteiger charge is -2.45. The molecule has 0 bridgehead atoms. The van der Waals surface area contributed by atoms with Crippen molar-refractivity contribution in [3.8, 4) is 0 Å². The van der Waals surface area contributed by atoms with Gasteiger partial charge in [-0.3, -0.25) is 19.5 Å². The Kier molecular flexibility index (Phi) is 7.27. The van der Waals surface area contributed by atoms with Crippen molar-refractivity contribution in [3.63, 3.8) is 0 Å². The normalized spacial score (nSPS) is 16.4. The molecule has 2 heterocycles. The second-order valence-electron chi connectivity index (χ2n) is 8.06. The van der Waals surface area contributed by atoms with E-state index >= 15 is 0 Å². The largest absolute Gasteiger partial charge is 0.351 e. The average molecular weight is 441 g/mol. The molecule has 1 aliphatic heterocycles. The van der Waals surface area contributed by atoms with Crippen LogP contribution in [-0.4, -0.2) is 58.8 Å². The van der Waals surface area contributed by atoms with E-state index in [9.17, 15) is 9.59 Å². The zero-order valence-electron chi connectivity index (χ0n) is 18.5. The number of rotatable bonds is 7. The third kappa shape index (κ3) is 5.35. The Hall–Kier alpha value is -3.77. The van der Waals surface area contributed by atoms with E-state index in [1.165, 1.54) is 17.2 Å². The number of benzene rings is 2. The number of carbonyl (C=O) groups is 2. The molecule has 2 aromatic carbocycles. The quantitative estimate of drug-likeness (QED) is 0.573. The molecule has 1 atom stereocenters. The minimum atomic E-state index is -0.221. The van der Waals surface area contributed by atoms with Crippen LogP contribution in [0.1, 0.15) is 27.5 Å². The summed E-state index contributed by atoms with van der Waals surface area (Å²) in [7, 11) is 0. The number of piperazine rings is 1. The Morgan fingerprint density at radius 1 is 1.00 bits per heavy atom. The summed E-state index contributed by atoms with van der Waals surface area (Å²) in [6.45, 7) is 5.74. The highest BCUT2D eigenvalue weighted by Gasteiger charge is 2.35. The van der Waals surface area contributed by atoms with E-state index in [0.29, 0.717) is 31.7 Å². The highest BCUT2D eigenvalue weighted by molar-refractivity contribution is 5.94. The lowest BCUT2D eigenvalue weighted by molar-refractivity contribution is -0.116. The number of aromatic nitrogens is 1. The number of hydrogen-bond acceptors (Lipinski definition) is 4. The van der Waals surface area contributed by atoms with E-state index in [4.69, 9.17) is 0 Å². The van der Waals surface area contributed by atoms with Crippen molar-refractivity contribution in [3.05, 3.63) is 115 Å². The van der Waals surface area contributed by atoms with Gasteiger partial charge in [-0.15, -0.1) is 0 Å². The Bertz CT molecular complexity index is 1030. The van der Waals surface area contributed by atoms with Crippen LogP contribution in [0, 0.1) is 0 Å². The van der Waals surface area contributed by atoms with E-state index in [0.717, 1.165) is 0 Å². The maximum Gasteiger partial charge on any atom is 0.255 e. The second-order valence-corrected chi connectivity index (χ2v) is 8.06. The van der Waals surface area contributed by atoms with Crippen LogP contribution >= 0.6 is 0 Å². The van der Waals surface area contributed by atoms with Crippen molar-refractivity contribution in [1.29, 1.82) is 0 Å². The van der Waals surface area contributed by atoms with Crippen LogP contribution in [0.15, 0.2) is 97.8 Å². The van der Waals surface area contributed by atoms with Gasteiger partial charge in [0.1, 0.15) is 0 Å². The summed E-state index contributed by atoms with van der Waals surface area (Å²) in [6.07, 6.45) is 4.53. The molecule has 1 aromatic heterocycles. The lowest BCUT2D eigenvalue weighted by Crippen LogP contribution is -2.59. The molecule has 1 aliphatic rings. The van der Waals surface area contributed by atoms with Gasteiger partial charge in [0.05, 0.1) is 11.6 Å². The maximum absolute atomic E-state index is 13.1. The third-order valence-corrected chi connectivity index (χ3v) is 5.98. The first-order valence-corrected chi connectivity index (χ1v) is 11.1. The molecule has 1 unspecified atom stereocenters. The van der Waals surface area contributed by atoms with Gasteiger partial charge in [0.25, 0.3) is 5.91 Å². The van der Waals surface area contributed by atoms with Gasteiger partial charge in [-0.25, -0.2) is 0 Å². The van der Waals surface area contributed by atoms with Crippen LogP contribution in [-0.2, 0) is 4.79 Å². The Balaban J connectivity index is 1.65. The molecule has 6 heteroatoms. The minimum absolute atomic E-state index is 0.00803. The molecule has 0 aliphatic carbocycles. The molecule has 0 spiro atoms. The zero-order chi connectivity index (χ0) is 23.0. The second kappa shape index (κ2) is 10.7. The van der Waals surface area contributed by atoms with Gasteiger partial charge in [0.15, 0.2) is 0 Å². The number of amides is 2. The summed E-state index contributed by atoms with van der Waals surface area (Å²) >= 11 is 0. The first-order chi connectivity index (χ1) is 16.2. The van der Waals surface area contributed by atoms with Gasteiger partial charge in [-0.05, 0) is 29.3 Å². The van der Waals surface area contributed by atoms with Crippen molar-refractivity contribution in [1.82, 2.24) is 20.1 Å². The predicted molar refractivity (Wildman–Crippen MR) is 129 cm³/mol. The number of carbonyl (C=O) groups excluding carboxylic acids is 2. The first-order valence-electron chi connectivity index (χ1n) is 11.1. The topological polar surface area (TPSA) is 65.5 Å². The van der Waals surface area contributed by atoms with Crippen LogP contribution in [0.2, 0.25) is 0 Å². The van der Waals surface area contributed by atoms with Crippen molar-refractivity contribution in [2.75, 3.05) is 26.2 Å². The van der Waals surface area contributed by atoms with E-state index in [2.05, 4.69) is 46.0 Å². The number of hydrogen-bond donors (Lipinski definition) is 1. The maximum atomic E-state index is 13.1. The van der Waals surface area contributed by atoms with Gasteiger partial charge in [-0.2, -0.15) is 0 Å². The molecule has 1 N–H and O–H groups in total. The SMILES string of the molecule is C=CC(=O)NCC1CN(C(=O)c2cccnc2)CCN1C(c1ccccc1)c1ccccc1. The van der Waals surface area contributed by atoms with Gasteiger partial charge >= 0.3 is 0 Å². The number of pyridine rings is 1. The van der Waals surface area contributed by atoms with Crippen molar-refractivity contribution >= 4 is 11.8 Å². The Labute approximate surface area is 194 Å². The predicted octanol–water partition coefficient (Wildman–Crippen LogP) is 3.30. The van der Waals surface area contributed by atoms with E-state index in [1.807, 2.05) is 41.3 Å². The molecule has 1 fully saturated rings. The van der Waals surface area contributed by atoms with Gasteiger partial charge in [-0.1, -0.05) is 67.2 Å². The first kappa shape index (κ1) is 22.4. The molecule has 33 heavy (non-hydrogen) atoms. The molecular weight excluding hydrogens is 412 g/mol. The average Bonchev–Trinajstić information content (AvgIpc) is 2.89. The summed E-state index contributed by atoms with van der Waals surface area (Å²) in [6, 6.07) is 24.2. The summed E-state index contributed by atoms with van der Waals surface area (Å²) < 4.78 is 0. The van der Waals surface area contributed by atoms with E-state index in [-0.39, 0.29) is 23.9 Å². The van der Waals surface area contributed by atoms with Crippen molar-refractivity contribution < 1.29 is 9.59 Å². The molecule has 0 saturated carbocycles. The molecular formula is C27H28N4O2. The molecule has 168 valence electrons. The Morgan fingerprint density at radius 2 is 1.67 bits per heavy atom. The summed E-state index contributed by atoms with van der Waals surface area (Å²) in [4.78, 5) is 33.4. The standard InChI is InChI=1S/C27H28N4O2/c1-2-25(32)29-19-24-20-30(27(33)23-14-9-15-28-18-23)16-17-31(24)26(21-10-5-3-6-11-21)22-12-7-4-8-13-22/h2-15,18,24,26H,1,16-17,19-20H2,(H,29,32). The fraction of sp³-hybridized carbons (Fsp3) is 0.222. The third-order valence-electron chi connectivity index (χ3n) is 5.98. The molecule has 4 rings (SSSR count). The van der Waals surface area contributed by atoms with E-state index in [1.54, 1.807) is 24.5 Å². The molecule has 1 saturated heterocycles. The fourth-order valence-electron chi connectivity index (χ4n) is 4.38. The van der Waals surface area contributed by atoms with Gasteiger partial charge in [0, 0.05) is 44.6 Å². The van der Waals surface area contributed by atoms with Crippen LogP contribution < -0.4 is 5.32 Å². The lowest BCUT2D eigenvalue weighted by atomic mass is 9.94. The van der Waals surface area contributed by atoms with Crippen LogP contribution in [0.3, 0.4) is 0 Å². The smallest absolute Gasteiger partial charge is 0.255 e. The molecule has 2 amide bonds. The molecule has 6 nitrogen and oxygen atoms in total. The summed E-state index contributed by atoms with van der Waals surface area (Å²) in [5.41, 5.74) is 2.93. The molecule has 3 aromatic rings.